The number of nitrogen functional groups attached to an aromatic ring is 1. The minimum absolute atomic E-state index is 0. The fourth-order valence-corrected chi connectivity index (χ4v) is 2.28. The first-order valence-corrected chi connectivity index (χ1v) is 6.75. The molecule has 118 valence electrons. The molecule has 1 saturated heterocycles. The van der Waals surface area contributed by atoms with Crippen LogP contribution in [-0.4, -0.2) is 88.6 Å². The van der Waals surface area contributed by atoms with Gasteiger partial charge in [-0.2, -0.15) is 4.98 Å². The second-order valence-corrected chi connectivity index (χ2v) is 5.46. The molecule has 0 unspecified atom stereocenters. The topological polar surface area (TPSA) is 122 Å². The van der Waals surface area contributed by atoms with Crippen molar-refractivity contribution in [3.8, 4) is 0 Å². The molecule has 23 heavy (non-hydrogen) atoms. The van der Waals surface area contributed by atoms with Crippen molar-refractivity contribution in [1.82, 2.24) is 19.5 Å². The van der Waals surface area contributed by atoms with E-state index in [4.69, 9.17) is 15.2 Å². The van der Waals surface area contributed by atoms with Gasteiger partial charge >= 0.3 is 63.3 Å². The molecule has 1 fully saturated rings. The van der Waals surface area contributed by atoms with Crippen molar-refractivity contribution in [2.45, 2.75) is 32.6 Å². The van der Waals surface area contributed by atoms with Gasteiger partial charge in [0.1, 0.15) is 5.52 Å². The van der Waals surface area contributed by atoms with Gasteiger partial charge in [-0.05, 0) is 6.42 Å². The van der Waals surface area contributed by atoms with E-state index >= 15 is 0 Å². The Labute approximate surface area is 174 Å². The molecule has 2 N–H and O–H groups in total. The van der Waals surface area contributed by atoms with E-state index in [9.17, 15) is 9.59 Å². The molecule has 0 spiro atoms. The first kappa shape index (κ1) is 18.3. The maximum absolute atomic E-state index is 11.9. The molecule has 0 aromatic carbocycles. The van der Waals surface area contributed by atoms with Gasteiger partial charge in [-0.3, -0.25) is 9.59 Å². The van der Waals surface area contributed by atoms with Crippen molar-refractivity contribution >= 4 is 80.4 Å². The van der Waals surface area contributed by atoms with E-state index in [1.807, 2.05) is 0 Å². The fourth-order valence-electron chi connectivity index (χ4n) is 2.28. The van der Waals surface area contributed by atoms with E-state index < -0.39 is 23.6 Å². The summed E-state index contributed by atoms with van der Waals surface area (Å²) in [7, 11) is 0. The van der Waals surface area contributed by atoms with Crippen molar-refractivity contribution in [1.29, 1.82) is 0 Å². The van der Waals surface area contributed by atoms with Crippen LogP contribution in [0.5, 0.6) is 0 Å². The monoisotopic (exact) mass is 345 g/mol. The number of ether oxygens (including phenoxy) is 2. The van der Waals surface area contributed by atoms with Gasteiger partial charge in [-0.1, -0.05) is 0 Å². The van der Waals surface area contributed by atoms with Gasteiger partial charge in [0.25, 0.3) is 5.79 Å². The molecule has 2 aromatic rings. The Bertz CT molecular complexity index is 740. The van der Waals surface area contributed by atoms with Crippen LogP contribution >= 0.6 is 0 Å². The van der Waals surface area contributed by atoms with Crippen LogP contribution < -0.4 is 5.73 Å². The Kier molecular flexibility index (Phi) is 5.41. The summed E-state index contributed by atoms with van der Waals surface area (Å²) in [6, 6.07) is 0. The van der Waals surface area contributed by atoms with Crippen LogP contribution in [0.3, 0.4) is 0 Å². The van der Waals surface area contributed by atoms with Crippen molar-refractivity contribution in [2.75, 3.05) is 5.73 Å². The summed E-state index contributed by atoms with van der Waals surface area (Å²) in [6.45, 7) is 3.38. The zero-order valence-corrected chi connectivity index (χ0v) is 12.1. The summed E-state index contributed by atoms with van der Waals surface area (Å²) in [5.74, 6) is -3.20. The van der Waals surface area contributed by atoms with Crippen LogP contribution in [0.1, 0.15) is 20.3 Å². The molecule has 1 aliphatic heterocycles. The van der Waals surface area contributed by atoms with E-state index in [0.717, 1.165) is 0 Å². The SMILES string of the molecule is CC1(C)OC(=O)C(CCn2cnc3cnc(N)nc32)C(=O)O1.[KH]. The second kappa shape index (κ2) is 6.81. The summed E-state index contributed by atoms with van der Waals surface area (Å²) < 4.78 is 11.9. The molecule has 0 amide bonds. The number of nitrogens with zero attached hydrogens (tertiary/aromatic N) is 4. The molecular weight excluding hydrogens is 329 g/mol. The zero-order valence-electron chi connectivity index (χ0n) is 12.1. The number of esters is 2. The van der Waals surface area contributed by atoms with Crippen LogP contribution in [0.2, 0.25) is 0 Å². The molecule has 0 radical (unpaired) electrons. The second-order valence-electron chi connectivity index (χ2n) is 5.46. The fraction of sp³-hybridized carbons (Fsp3) is 0.462. The van der Waals surface area contributed by atoms with Gasteiger partial charge in [-0.25, -0.2) is 9.97 Å². The van der Waals surface area contributed by atoms with Crippen molar-refractivity contribution in [3.05, 3.63) is 12.5 Å². The summed E-state index contributed by atoms with van der Waals surface area (Å²) >= 11 is 0. The molecule has 0 bridgehead atoms. The van der Waals surface area contributed by atoms with E-state index in [2.05, 4.69) is 15.0 Å². The zero-order chi connectivity index (χ0) is 15.9. The number of fused-ring (bicyclic) bond motifs is 1. The molecule has 3 rings (SSSR count). The molecule has 10 heteroatoms. The molecule has 0 atom stereocenters. The number of rotatable bonds is 3. The van der Waals surface area contributed by atoms with Crippen LogP contribution in [0.4, 0.5) is 5.95 Å². The number of carbonyl (C=O) groups excluding carboxylic acids is 2. The van der Waals surface area contributed by atoms with Crippen molar-refractivity contribution < 1.29 is 19.1 Å². The number of imidazole rings is 1. The van der Waals surface area contributed by atoms with Crippen LogP contribution in [0.25, 0.3) is 11.2 Å². The summed E-state index contributed by atoms with van der Waals surface area (Å²) in [6.07, 6.45) is 3.30. The third kappa shape index (κ3) is 3.88. The molecule has 0 aliphatic carbocycles. The van der Waals surface area contributed by atoms with E-state index in [1.54, 1.807) is 10.9 Å². The summed E-state index contributed by atoms with van der Waals surface area (Å²) in [5.41, 5.74) is 6.69. The normalized spacial score (nSPS) is 17.5. The van der Waals surface area contributed by atoms with Gasteiger partial charge in [0.05, 0.1) is 12.5 Å². The predicted octanol–water partition coefficient (Wildman–Crippen LogP) is -0.398. The molecule has 1 aliphatic rings. The van der Waals surface area contributed by atoms with Gasteiger partial charge in [-0.15, -0.1) is 0 Å². The molecule has 3 heterocycles. The van der Waals surface area contributed by atoms with Crippen LogP contribution in [0.15, 0.2) is 12.5 Å². The third-order valence-corrected chi connectivity index (χ3v) is 3.30. The quantitative estimate of drug-likeness (QED) is 0.453. The van der Waals surface area contributed by atoms with Crippen LogP contribution in [-0.2, 0) is 25.6 Å². The van der Waals surface area contributed by atoms with Gasteiger partial charge in [0.15, 0.2) is 11.6 Å². The average Bonchev–Trinajstić information content (AvgIpc) is 2.79. The van der Waals surface area contributed by atoms with Crippen molar-refractivity contribution in [2.24, 2.45) is 5.92 Å². The van der Waals surface area contributed by atoms with E-state index in [-0.39, 0.29) is 63.8 Å². The Morgan fingerprint density at radius 2 is 1.91 bits per heavy atom. The first-order valence-electron chi connectivity index (χ1n) is 6.75. The third-order valence-electron chi connectivity index (χ3n) is 3.30. The number of nitrogens with two attached hydrogens (primary N) is 1. The molecule has 0 saturated carbocycles. The Morgan fingerprint density at radius 1 is 1.26 bits per heavy atom. The standard InChI is InChI=1S/C13H15N5O4.K.H/c1-13(2)21-10(19)7(11(20)22-13)3-4-18-6-16-8-5-15-12(14)17-9(8)18;;/h5-7H,3-4H2,1-2H3,(H2,14,15,17);;. The molecule has 2 aromatic heterocycles. The number of cyclic esters (lactones) is 2. The number of aryl methyl sites for hydroxylation is 1. The summed E-state index contributed by atoms with van der Waals surface area (Å²) in [5, 5.41) is 0. The van der Waals surface area contributed by atoms with E-state index in [0.29, 0.717) is 17.7 Å². The Morgan fingerprint density at radius 3 is 2.57 bits per heavy atom. The number of anilines is 1. The maximum atomic E-state index is 11.9. The molecule has 9 nitrogen and oxygen atoms in total. The number of carbonyl (C=O) groups is 2. The van der Waals surface area contributed by atoms with Crippen LogP contribution in [0, 0.1) is 5.92 Å². The van der Waals surface area contributed by atoms with Gasteiger partial charge in [0, 0.05) is 20.4 Å². The molecular formula is C13H16KN5O4. The first-order chi connectivity index (χ1) is 10.4. The van der Waals surface area contributed by atoms with Crippen molar-refractivity contribution in [3.63, 3.8) is 0 Å². The number of aromatic nitrogens is 4. The average molecular weight is 345 g/mol. The predicted molar refractivity (Wildman–Crippen MR) is 81.3 cm³/mol. The minimum atomic E-state index is -1.21. The Balaban J connectivity index is 0.00000192. The number of hydrogen-bond acceptors (Lipinski definition) is 8. The van der Waals surface area contributed by atoms with Gasteiger partial charge in [0.2, 0.25) is 5.95 Å². The number of hydrogen-bond donors (Lipinski definition) is 1. The van der Waals surface area contributed by atoms with E-state index in [1.165, 1.54) is 20.0 Å². The summed E-state index contributed by atoms with van der Waals surface area (Å²) in [4.78, 5) is 35.9. The Hall–Kier alpha value is -1.07. The van der Waals surface area contributed by atoms with Gasteiger partial charge < -0.3 is 19.8 Å².